The first-order chi connectivity index (χ1) is 9.70. The van der Waals surface area contributed by atoms with Gasteiger partial charge in [-0.15, -0.1) is 0 Å². The Hall–Kier alpha value is -1.43. The molecule has 1 aromatic carbocycles. The fraction of sp³-hybridized carbons (Fsp3) is 0.429. The average molecular weight is 295 g/mol. The van der Waals surface area contributed by atoms with Gasteiger partial charge in [0, 0.05) is 32.1 Å². The van der Waals surface area contributed by atoms with E-state index in [1.54, 1.807) is 7.11 Å². The average Bonchev–Trinajstić information content (AvgIpc) is 2.45. The first-order valence-corrected chi connectivity index (χ1v) is 6.92. The van der Waals surface area contributed by atoms with Crippen LogP contribution in [0.1, 0.15) is 0 Å². The van der Waals surface area contributed by atoms with Crippen molar-refractivity contribution in [2.45, 2.75) is 0 Å². The molecule has 0 aliphatic rings. The highest BCUT2D eigenvalue weighted by Crippen LogP contribution is 2.21. The Kier molecular flexibility index (Phi) is 5.52. The predicted molar refractivity (Wildman–Crippen MR) is 82.4 cm³/mol. The van der Waals surface area contributed by atoms with Crippen LogP contribution in [0.3, 0.4) is 0 Å². The molecule has 2 aromatic rings. The van der Waals surface area contributed by atoms with E-state index >= 15 is 0 Å². The van der Waals surface area contributed by atoms with E-state index < -0.39 is 0 Å². The zero-order valence-corrected chi connectivity index (χ0v) is 12.5. The van der Waals surface area contributed by atoms with Crippen LogP contribution >= 0.6 is 11.6 Å². The van der Waals surface area contributed by atoms with Gasteiger partial charge in [-0.25, -0.2) is 9.97 Å². The molecule has 20 heavy (non-hydrogen) atoms. The SMILES string of the molecule is COCCN(C)CCNc1nc(Cl)nc2ccccc12. The van der Waals surface area contributed by atoms with Crippen LogP contribution < -0.4 is 5.32 Å². The van der Waals surface area contributed by atoms with E-state index in [0.717, 1.165) is 43.0 Å². The van der Waals surface area contributed by atoms with E-state index in [2.05, 4.69) is 27.2 Å². The molecular formula is C14H19ClN4O. The first-order valence-electron chi connectivity index (χ1n) is 6.54. The van der Waals surface area contributed by atoms with E-state index in [4.69, 9.17) is 16.3 Å². The maximum atomic E-state index is 5.94. The number of para-hydroxylation sites is 1. The Morgan fingerprint density at radius 3 is 2.85 bits per heavy atom. The highest BCUT2D eigenvalue weighted by molar-refractivity contribution is 6.28. The summed E-state index contributed by atoms with van der Waals surface area (Å²) >= 11 is 5.94. The van der Waals surface area contributed by atoms with Gasteiger partial charge in [-0.2, -0.15) is 0 Å². The van der Waals surface area contributed by atoms with Crippen LogP contribution in [0.5, 0.6) is 0 Å². The number of halogens is 1. The van der Waals surface area contributed by atoms with Crippen LogP contribution in [0.25, 0.3) is 10.9 Å². The van der Waals surface area contributed by atoms with Crippen LogP contribution in [-0.4, -0.2) is 55.3 Å². The molecule has 1 aromatic heterocycles. The number of nitrogens with zero attached hydrogens (tertiary/aromatic N) is 3. The monoisotopic (exact) mass is 294 g/mol. The number of fused-ring (bicyclic) bond motifs is 1. The molecule has 0 aliphatic heterocycles. The third-order valence-electron chi connectivity index (χ3n) is 3.04. The quantitative estimate of drug-likeness (QED) is 0.794. The van der Waals surface area contributed by atoms with Crippen molar-refractivity contribution >= 4 is 28.3 Å². The summed E-state index contributed by atoms with van der Waals surface area (Å²) in [5.74, 6) is 0.778. The lowest BCUT2D eigenvalue weighted by Crippen LogP contribution is -2.28. The number of benzene rings is 1. The third-order valence-corrected chi connectivity index (χ3v) is 3.21. The van der Waals surface area contributed by atoms with Gasteiger partial charge in [0.25, 0.3) is 0 Å². The molecule has 0 aliphatic carbocycles. The smallest absolute Gasteiger partial charge is 0.224 e. The van der Waals surface area contributed by atoms with Gasteiger partial charge in [0.05, 0.1) is 12.1 Å². The van der Waals surface area contributed by atoms with Crippen molar-refractivity contribution in [3.05, 3.63) is 29.5 Å². The fourth-order valence-corrected chi connectivity index (χ4v) is 2.08. The Bertz CT molecular complexity index is 564. The Labute approximate surface area is 123 Å². The first kappa shape index (κ1) is 15.0. The lowest BCUT2D eigenvalue weighted by Gasteiger charge is -2.16. The summed E-state index contributed by atoms with van der Waals surface area (Å²) in [6, 6.07) is 7.82. The molecule has 0 unspecified atom stereocenters. The van der Waals surface area contributed by atoms with Crippen LogP contribution in [0.2, 0.25) is 5.28 Å². The number of likely N-dealkylation sites (N-methyl/N-ethyl adjacent to an activating group) is 1. The molecule has 0 saturated heterocycles. The number of aromatic nitrogens is 2. The molecule has 1 N–H and O–H groups in total. The highest BCUT2D eigenvalue weighted by Gasteiger charge is 2.06. The molecule has 5 nitrogen and oxygen atoms in total. The topological polar surface area (TPSA) is 50.3 Å². The normalized spacial score (nSPS) is 11.2. The van der Waals surface area contributed by atoms with Crippen molar-refractivity contribution in [1.82, 2.24) is 14.9 Å². The number of methoxy groups -OCH3 is 1. The summed E-state index contributed by atoms with van der Waals surface area (Å²) in [5, 5.41) is 4.56. The lowest BCUT2D eigenvalue weighted by atomic mass is 10.2. The van der Waals surface area contributed by atoms with Gasteiger partial charge in [-0.3, -0.25) is 0 Å². The van der Waals surface area contributed by atoms with Crippen molar-refractivity contribution in [2.24, 2.45) is 0 Å². The molecule has 0 amide bonds. The fourth-order valence-electron chi connectivity index (χ4n) is 1.91. The molecule has 6 heteroatoms. The van der Waals surface area contributed by atoms with Crippen molar-refractivity contribution < 1.29 is 4.74 Å². The molecule has 0 atom stereocenters. The zero-order chi connectivity index (χ0) is 14.4. The van der Waals surface area contributed by atoms with Gasteiger partial charge in [0.15, 0.2) is 0 Å². The van der Waals surface area contributed by atoms with Gasteiger partial charge >= 0.3 is 0 Å². The Balaban J connectivity index is 1.99. The van der Waals surface area contributed by atoms with Crippen molar-refractivity contribution in [1.29, 1.82) is 0 Å². The van der Waals surface area contributed by atoms with Gasteiger partial charge in [0.1, 0.15) is 5.82 Å². The summed E-state index contributed by atoms with van der Waals surface area (Å²) in [6.45, 7) is 3.33. The third kappa shape index (κ3) is 4.03. The molecule has 1 heterocycles. The molecule has 0 radical (unpaired) electrons. The summed E-state index contributed by atoms with van der Waals surface area (Å²) in [4.78, 5) is 10.7. The van der Waals surface area contributed by atoms with E-state index in [-0.39, 0.29) is 5.28 Å². The van der Waals surface area contributed by atoms with Gasteiger partial charge in [-0.05, 0) is 30.8 Å². The summed E-state index contributed by atoms with van der Waals surface area (Å²) in [7, 11) is 3.77. The molecule has 0 bridgehead atoms. The Morgan fingerprint density at radius 2 is 2.05 bits per heavy atom. The number of anilines is 1. The van der Waals surface area contributed by atoms with Gasteiger partial charge < -0.3 is 15.0 Å². The Morgan fingerprint density at radius 1 is 1.25 bits per heavy atom. The van der Waals surface area contributed by atoms with E-state index in [1.165, 1.54) is 0 Å². The molecule has 108 valence electrons. The zero-order valence-electron chi connectivity index (χ0n) is 11.8. The van der Waals surface area contributed by atoms with Crippen LogP contribution in [0.4, 0.5) is 5.82 Å². The highest BCUT2D eigenvalue weighted by atomic mass is 35.5. The maximum Gasteiger partial charge on any atom is 0.224 e. The van der Waals surface area contributed by atoms with E-state index in [0.29, 0.717) is 0 Å². The summed E-state index contributed by atoms with van der Waals surface area (Å²) in [6.07, 6.45) is 0. The molecule has 0 saturated carbocycles. The minimum Gasteiger partial charge on any atom is -0.383 e. The molecule has 0 spiro atoms. The maximum absolute atomic E-state index is 5.94. The van der Waals surface area contributed by atoms with E-state index in [1.807, 2.05) is 24.3 Å². The van der Waals surface area contributed by atoms with Crippen LogP contribution in [0, 0.1) is 0 Å². The minimum atomic E-state index is 0.263. The second-order valence-electron chi connectivity index (χ2n) is 4.58. The number of nitrogens with one attached hydrogen (secondary N) is 1. The summed E-state index contributed by atoms with van der Waals surface area (Å²) < 4.78 is 5.05. The minimum absolute atomic E-state index is 0.263. The summed E-state index contributed by atoms with van der Waals surface area (Å²) in [5.41, 5.74) is 0.850. The van der Waals surface area contributed by atoms with E-state index in [9.17, 15) is 0 Å². The largest absolute Gasteiger partial charge is 0.383 e. The lowest BCUT2D eigenvalue weighted by molar-refractivity contribution is 0.163. The number of hydrogen-bond donors (Lipinski definition) is 1. The predicted octanol–water partition coefficient (Wildman–Crippen LogP) is 2.27. The second-order valence-corrected chi connectivity index (χ2v) is 4.92. The number of rotatable bonds is 7. The van der Waals surface area contributed by atoms with Crippen molar-refractivity contribution in [3.63, 3.8) is 0 Å². The number of hydrogen-bond acceptors (Lipinski definition) is 5. The molecule has 2 rings (SSSR count). The second kappa shape index (κ2) is 7.38. The van der Waals surface area contributed by atoms with Crippen LogP contribution in [0.15, 0.2) is 24.3 Å². The number of ether oxygens (including phenoxy) is 1. The molecule has 0 fully saturated rings. The van der Waals surface area contributed by atoms with Gasteiger partial charge in [0.2, 0.25) is 5.28 Å². The molecular weight excluding hydrogens is 276 g/mol. The van der Waals surface area contributed by atoms with Crippen LogP contribution in [-0.2, 0) is 4.74 Å². The van der Waals surface area contributed by atoms with Crippen molar-refractivity contribution in [3.8, 4) is 0 Å². The van der Waals surface area contributed by atoms with Crippen molar-refractivity contribution in [2.75, 3.05) is 45.7 Å². The van der Waals surface area contributed by atoms with Gasteiger partial charge in [-0.1, -0.05) is 12.1 Å². The standard InChI is InChI=1S/C14H19ClN4O/c1-19(9-10-20-2)8-7-16-13-11-5-3-4-6-12(11)17-14(15)18-13/h3-6H,7-10H2,1-2H3,(H,16,17,18).